The Morgan fingerprint density at radius 3 is 2.45 bits per heavy atom. The predicted octanol–water partition coefficient (Wildman–Crippen LogP) is 2.36. The van der Waals surface area contributed by atoms with Crippen molar-refractivity contribution < 1.29 is 17.9 Å². The Kier molecular flexibility index (Phi) is 7.14. The molecule has 0 aliphatic rings. The lowest BCUT2D eigenvalue weighted by atomic mass is 10.4. The molecule has 0 aliphatic carbocycles. The summed E-state index contributed by atoms with van der Waals surface area (Å²) in [5.74, 6) is -0.485. The summed E-state index contributed by atoms with van der Waals surface area (Å²) >= 11 is 6.29. The minimum absolute atomic E-state index is 0.0126. The van der Waals surface area contributed by atoms with Crippen LogP contribution in [0.4, 0.5) is 0 Å². The van der Waals surface area contributed by atoms with Crippen LogP contribution in [0.2, 0.25) is 0 Å². The summed E-state index contributed by atoms with van der Waals surface area (Å²) in [4.78, 5) is 11.0. The molecule has 1 aromatic rings. The van der Waals surface area contributed by atoms with E-state index in [0.29, 0.717) is 0 Å². The molecule has 0 saturated carbocycles. The van der Waals surface area contributed by atoms with E-state index in [1.165, 1.54) is 16.4 Å². The zero-order valence-electron chi connectivity index (χ0n) is 10.8. The molecule has 0 saturated heterocycles. The zero-order chi connectivity index (χ0) is 15.2. The number of carbonyl (C=O) groups excluding carboxylic acids is 1. The minimum atomic E-state index is -3.65. The summed E-state index contributed by atoms with van der Waals surface area (Å²) in [5, 5.41) is 0. The fourth-order valence-corrected chi connectivity index (χ4v) is 4.40. The normalized spacial score (nSPS) is 13.2. The van der Waals surface area contributed by atoms with Gasteiger partial charge in [-0.15, -0.1) is 0 Å². The minimum Gasteiger partial charge on any atom is -0.465 e. The average Bonchev–Trinajstić information content (AvgIpc) is 2.45. The molecule has 0 aliphatic heterocycles. The molecule has 112 valence electrons. The Labute approximate surface area is 135 Å². The number of sulfonamides is 1. The van der Waals surface area contributed by atoms with Crippen LogP contribution in [0.25, 0.3) is 0 Å². The highest BCUT2D eigenvalue weighted by Crippen LogP contribution is 2.18. The molecule has 0 spiro atoms. The maximum atomic E-state index is 12.4. The van der Waals surface area contributed by atoms with Gasteiger partial charge in [-0.05, 0) is 19.1 Å². The Balaban J connectivity index is 2.88. The second-order valence-electron chi connectivity index (χ2n) is 3.79. The summed E-state index contributed by atoms with van der Waals surface area (Å²) in [6, 6.07) is 8.06. The van der Waals surface area contributed by atoms with Gasteiger partial charge in [-0.1, -0.05) is 50.1 Å². The van der Waals surface area contributed by atoms with Crippen molar-refractivity contribution in [2.75, 3.05) is 18.6 Å². The van der Waals surface area contributed by atoms with Crippen LogP contribution in [0.1, 0.15) is 6.92 Å². The first-order valence-corrected chi connectivity index (χ1v) is 9.33. The molecule has 0 aromatic heterocycles. The van der Waals surface area contributed by atoms with Crippen molar-refractivity contribution in [1.82, 2.24) is 4.31 Å². The molecule has 8 heteroatoms. The van der Waals surface area contributed by atoms with Crippen LogP contribution in [-0.4, -0.2) is 42.1 Å². The van der Waals surface area contributed by atoms with Gasteiger partial charge in [0.05, 0.1) is 17.0 Å². The van der Waals surface area contributed by atoms with Crippen LogP contribution >= 0.6 is 31.9 Å². The number of benzene rings is 1. The first-order valence-electron chi connectivity index (χ1n) is 5.85. The van der Waals surface area contributed by atoms with Gasteiger partial charge in [-0.2, -0.15) is 4.31 Å². The van der Waals surface area contributed by atoms with Crippen molar-refractivity contribution in [3.8, 4) is 0 Å². The number of nitrogens with zero attached hydrogens (tertiary/aromatic N) is 1. The van der Waals surface area contributed by atoms with E-state index in [-0.39, 0.29) is 23.5 Å². The highest BCUT2D eigenvalue weighted by Gasteiger charge is 2.28. The first-order chi connectivity index (χ1) is 9.43. The number of esters is 1. The predicted molar refractivity (Wildman–Crippen MR) is 83.5 cm³/mol. The molecule has 1 unspecified atom stereocenters. The fourth-order valence-electron chi connectivity index (χ4n) is 1.44. The molecule has 0 amide bonds. The fraction of sp³-hybridized carbons (Fsp3) is 0.417. The van der Waals surface area contributed by atoms with Gasteiger partial charge in [0.25, 0.3) is 0 Å². The Bertz CT molecular complexity index is 536. The Morgan fingerprint density at radius 1 is 1.35 bits per heavy atom. The third kappa shape index (κ3) is 4.54. The van der Waals surface area contributed by atoms with Gasteiger partial charge in [0.15, 0.2) is 0 Å². The summed E-state index contributed by atoms with van der Waals surface area (Å²) in [6.45, 7) is 1.93. The monoisotopic (exact) mass is 427 g/mol. The topological polar surface area (TPSA) is 63.7 Å². The van der Waals surface area contributed by atoms with Crippen molar-refractivity contribution >= 4 is 47.9 Å². The number of halogens is 2. The zero-order valence-corrected chi connectivity index (χ0v) is 14.8. The van der Waals surface area contributed by atoms with E-state index in [4.69, 9.17) is 4.74 Å². The molecule has 20 heavy (non-hydrogen) atoms. The number of ether oxygens (including phenoxy) is 1. The maximum Gasteiger partial charge on any atom is 0.321 e. The second kappa shape index (κ2) is 8.11. The van der Waals surface area contributed by atoms with Crippen LogP contribution in [-0.2, 0) is 19.6 Å². The molecule has 0 fully saturated rings. The molecule has 0 N–H and O–H groups in total. The van der Waals surface area contributed by atoms with Crippen molar-refractivity contribution in [3.63, 3.8) is 0 Å². The van der Waals surface area contributed by atoms with E-state index >= 15 is 0 Å². The first kappa shape index (κ1) is 17.6. The van der Waals surface area contributed by atoms with Crippen LogP contribution in [0.15, 0.2) is 35.2 Å². The van der Waals surface area contributed by atoms with Gasteiger partial charge >= 0.3 is 5.97 Å². The molecule has 1 rings (SSSR count). The Morgan fingerprint density at radius 2 is 1.95 bits per heavy atom. The lowest BCUT2D eigenvalue weighted by molar-refractivity contribution is -0.142. The van der Waals surface area contributed by atoms with Crippen LogP contribution in [0, 0.1) is 0 Å². The van der Waals surface area contributed by atoms with Crippen molar-refractivity contribution in [3.05, 3.63) is 30.3 Å². The average molecular weight is 429 g/mol. The quantitative estimate of drug-likeness (QED) is 0.380. The standard InChI is InChI=1S/C12H15Br2NO4S/c1-2-19-12(16)11(14)8-15(9-13)20(17,18)10-6-4-3-5-7-10/h3-7,11H,2,8-9H2,1H3. The van der Waals surface area contributed by atoms with E-state index < -0.39 is 20.8 Å². The smallest absolute Gasteiger partial charge is 0.321 e. The van der Waals surface area contributed by atoms with Crippen molar-refractivity contribution in [2.24, 2.45) is 0 Å². The maximum absolute atomic E-state index is 12.4. The van der Waals surface area contributed by atoms with Crippen molar-refractivity contribution in [1.29, 1.82) is 0 Å². The molecular weight excluding hydrogens is 414 g/mol. The molecule has 0 bridgehead atoms. The number of hydrogen-bond acceptors (Lipinski definition) is 4. The van der Waals surface area contributed by atoms with Gasteiger partial charge in [0, 0.05) is 6.54 Å². The number of alkyl halides is 2. The lowest BCUT2D eigenvalue weighted by Crippen LogP contribution is -2.38. The molecule has 1 atom stereocenters. The van der Waals surface area contributed by atoms with Gasteiger partial charge < -0.3 is 4.74 Å². The third-order valence-corrected chi connectivity index (χ3v) is 5.85. The van der Waals surface area contributed by atoms with E-state index in [1.807, 2.05) is 0 Å². The van der Waals surface area contributed by atoms with Crippen molar-refractivity contribution in [2.45, 2.75) is 16.6 Å². The molecule has 1 aromatic carbocycles. The van der Waals surface area contributed by atoms with Crippen LogP contribution in [0.3, 0.4) is 0 Å². The molecule has 5 nitrogen and oxygen atoms in total. The summed E-state index contributed by atoms with van der Waals surface area (Å²) in [5.41, 5.74) is 0.0890. The van der Waals surface area contributed by atoms with Crippen LogP contribution < -0.4 is 0 Å². The number of rotatable bonds is 7. The van der Waals surface area contributed by atoms with E-state index in [2.05, 4.69) is 31.9 Å². The summed E-state index contributed by atoms with van der Waals surface area (Å²) in [6.07, 6.45) is 0. The number of carbonyl (C=O) groups is 1. The SMILES string of the molecule is CCOC(=O)C(Br)CN(CBr)S(=O)(=O)c1ccccc1. The highest BCUT2D eigenvalue weighted by molar-refractivity contribution is 9.10. The largest absolute Gasteiger partial charge is 0.465 e. The van der Waals surface area contributed by atoms with E-state index in [1.54, 1.807) is 25.1 Å². The summed E-state index contributed by atoms with van der Waals surface area (Å²) in [7, 11) is -3.65. The van der Waals surface area contributed by atoms with E-state index in [9.17, 15) is 13.2 Å². The molecule has 0 heterocycles. The third-order valence-electron chi connectivity index (χ3n) is 2.42. The summed E-state index contributed by atoms with van der Waals surface area (Å²) < 4.78 is 30.8. The van der Waals surface area contributed by atoms with Gasteiger partial charge in [-0.3, -0.25) is 4.79 Å². The molecular formula is C12H15Br2NO4S. The lowest BCUT2D eigenvalue weighted by Gasteiger charge is -2.21. The van der Waals surface area contributed by atoms with Gasteiger partial charge in [0.2, 0.25) is 10.0 Å². The molecule has 0 radical (unpaired) electrons. The second-order valence-corrected chi connectivity index (χ2v) is 7.34. The van der Waals surface area contributed by atoms with Gasteiger partial charge in [-0.25, -0.2) is 8.42 Å². The Hall–Kier alpha value is -0.440. The van der Waals surface area contributed by atoms with Crippen LogP contribution in [0.5, 0.6) is 0 Å². The highest BCUT2D eigenvalue weighted by atomic mass is 79.9. The number of hydrogen-bond donors (Lipinski definition) is 0. The van der Waals surface area contributed by atoms with Gasteiger partial charge in [0.1, 0.15) is 4.83 Å². The van der Waals surface area contributed by atoms with E-state index in [0.717, 1.165) is 0 Å².